The maximum absolute atomic E-state index is 11.9. The van der Waals surface area contributed by atoms with Gasteiger partial charge in [-0.1, -0.05) is 12.1 Å². The van der Waals surface area contributed by atoms with Crippen LogP contribution in [0.3, 0.4) is 0 Å². The van der Waals surface area contributed by atoms with Gasteiger partial charge in [-0.15, -0.1) is 0 Å². The van der Waals surface area contributed by atoms with Crippen molar-refractivity contribution in [1.29, 1.82) is 0 Å². The molecule has 0 unspecified atom stereocenters. The van der Waals surface area contributed by atoms with Crippen LogP contribution in [0.15, 0.2) is 39.8 Å². The van der Waals surface area contributed by atoms with Crippen LogP contribution in [0.1, 0.15) is 5.56 Å². The summed E-state index contributed by atoms with van der Waals surface area (Å²) in [5.41, 5.74) is 2.30. The molecule has 1 heterocycles. The molecule has 1 aromatic carbocycles. The normalized spacial score (nSPS) is 11.5. The Morgan fingerprint density at radius 2 is 2.13 bits per heavy atom. The van der Waals surface area contributed by atoms with E-state index in [1.165, 1.54) is 5.51 Å². The molecule has 0 aliphatic rings. The molecular weight excluding hydrogens is 232 g/mol. The third-order valence-corrected chi connectivity index (χ3v) is 4.03. The standard InChI is InChI=1S/C9H8N2O2S2/c1-7-3-2-4-8(5-7)15(12,13)9-10-6-14-11-9/h2-6H,1H3. The molecule has 0 N–H and O–H groups in total. The van der Waals surface area contributed by atoms with Crippen LogP contribution >= 0.6 is 11.5 Å². The molecule has 15 heavy (non-hydrogen) atoms. The van der Waals surface area contributed by atoms with Crippen LogP contribution in [0.4, 0.5) is 0 Å². The predicted octanol–water partition coefficient (Wildman–Crippen LogP) is 1.68. The van der Waals surface area contributed by atoms with E-state index >= 15 is 0 Å². The summed E-state index contributed by atoms with van der Waals surface area (Å²) in [4.78, 5) is 3.95. The molecule has 2 aromatic rings. The minimum atomic E-state index is -3.53. The highest BCUT2D eigenvalue weighted by Crippen LogP contribution is 2.18. The second-order valence-corrected chi connectivity index (χ2v) is 5.48. The van der Waals surface area contributed by atoms with Gasteiger partial charge in [0.25, 0.3) is 5.16 Å². The summed E-state index contributed by atoms with van der Waals surface area (Å²) >= 11 is 1.03. The van der Waals surface area contributed by atoms with Crippen LogP contribution in [0.5, 0.6) is 0 Å². The first kappa shape index (κ1) is 10.3. The lowest BCUT2D eigenvalue weighted by atomic mass is 10.2. The minimum absolute atomic E-state index is 0.127. The summed E-state index contributed by atoms with van der Waals surface area (Å²) in [5.74, 6) is 0. The van der Waals surface area contributed by atoms with Gasteiger partial charge in [0.05, 0.1) is 4.90 Å². The molecule has 0 saturated heterocycles. The number of aryl methyl sites for hydroxylation is 1. The van der Waals surface area contributed by atoms with E-state index in [0.29, 0.717) is 0 Å². The van der Waals surface area contributed by atoms with Gasteiger partial charge in [-0.25, -0.2) is 13.4 Å². The number of benzene rings is 1. The molecule has 1 aromatic heterocycles. The zero-order valence-corrected chi connectivity index (χ0v) is 9.55. The average molecular weight is 240 g/mol. The molecule has 0 radical (unpaired) electrons. The van der Waals surface area contributed by atoms with Gasteiger partial charge in [0, 0.05) is 0 Å². The van der Waals surface area contributed by atoms with E-state index in [1.54, 1.807) is 18.2 Å². The van der Waals surface area contributed by atoms with Crippen molar-refractivity contribution in [2.45, 2.75) is 17.0 Å². The molecule has 4 nitrogen and oxygen atoms in total. The summed E-state index contributed by atoms with van der Waals surface area (Å²) in [6.45, 7) is 1.84. The van der Waals surface area contributed by atoms with Crippen LogP contribution < -0.4 is 0 Å². The topological polar surface area (TPSA) is 59.9 Å². The van der Waals surface area contributed by atoms with Crippen molar-refractivity contribution < 1.29 is 8.42 Å². The van der Waals surface area contributed by atoms with E-state index in [2.05, 4.69) is 9.36 Å². The Hall–Kier alpha value is -1.27. The largest absolute Gasteiger partial charge is 0.263 e. The van der Waals surface area contributed by atoms with Gasteiger partial charge in [-0.2, -0.15) is 4.37 Å². The van der Waals surface area contributed by atoms with E-state index in [1.807, 2.05) is 13.0 Å². The van der Waals surface area contributed by atoms with Crippen molar-refractivity contribution in [3.05, 3.63) is 35.3 Å². The van der Waals surface area contributed by atoms with Crippen molar-refractivity contribution in [3.63, 3.8) is 0 Å². The molecular formula is C9H8N2O2S2. The van der Waals surface area contributed by atoms with Crippen molar-refractivity contribution in [3.8, 4) is 0 Å². The van der Waals surface area contributed by atoms with Crippen LogP contribution in [0.2, 0.25) is 0 Å². The molecule has 0 atom stereocenters. The maximum atomic E-state index is 11.9. The van der Waals surface area contributed by atoms with Gasteiger partial charge < -0.3 is 0 Å². The third-order valence-electron chi connectivity index (χ3n) is 1.88. The monoisotopic (exact) mass is 240 g/mol. The highest BCUT2D eigenvalue weighted by Gasteiger charge is 2.21. The molecule has 0 spiro atoms. The zero-order valence-electron chi connectivity index (χ0n) is 7.91. The van der Waals surface area contributed by atoms with E-state index in [4.69, 9.17) is 0 Å². The highest BCUT2D eigenvalue weighted by atomic mass is 32.2. The predicted molar refractivity (Wildman–Crippen MR) is 56.5 cm³/mol. The van der Waals surface area contributed by atoms with Crippen molar-refractivity contribution in [2.75, 3.05) is 0 Å². The van der Waals surface area contributed by atoms with Gasteiger partial charge in [-0.3, -0.25) is 0 Å². The fourth-order valence-electron chi connectivity index (χ4n) is 1.17. The lowest BCUT2D eigenvalue weighted by molar-refractivity contribution is 0.589. The Morgan fingerprint density at radius 1 is 1.33 bits per heavy atom. The van der Waals surface area contributed by atoms with E-state index in [9.17, 15) is 8.42 Å². The SMILES string of the molecule is Cc1cccc(S(=O)(=O)c2ncsn2)c1. The molecule has 2 rings (SSSR count). The molecule has 0 saturated carbocycles. The number of sulfone groups is 1. The first-order chi connectivity index (χ1) is 7.10. The van der Waals surface area contributed by atoms with Crippen LogP contribution in [0, 0.1) is 6.92 Å². The van der Waals surface area contributed by atoms with Gasteiger partial charge in [0.15, 0.2) is 0 Å². The van der Waals surface area contributed by atoms with Crippen LogP contribution in [-0.4, -0.2) is 17.8 Å². The Labute approximate surface area is 91.7 Å². The van der Waals surface area contributed by atoms with Crippen molar-refractivity contribution in [2.24, 2.45) is 0 Å². The van der Waals surface area contributed by atoms with Crippen LogP contribution in [0.25, 0.3) is 0 Å². The first-order valence-electron chi connectivity index (χ1n) is 4.19. The van der Waals surface area contributed by atoms with Crippen molar-refractivity contribution in [1.82, 2.24) is 9.36 Å². The number of hydrogen-bond acceptors (Lipinski definition) is 5. The molecule has 0 aliphatic carbocycles. The fraction of sp³-hybridized carbons (Fsp3) is 0.111. The Morgan fingerprint density at radius 3 is 2.73 bits per heavy atom. The lowest BCUT2D eigenvalue weighted by Gasteiger charge is -2.00. The average Bonchev–Trinajstić information content (AvgIpc) is 2.71. The molecule has 0 bridgehead atoms. The maximum Gasteiger partial charge on any atom is 0.263 e. The molecule has 0 aliphatic heterocycles. The minimum Gasteiger partial charge on any atom is -0.215 e. The summed E-state index contributed by atoms with van der Waals surface area (Å²) in [6, 6.07) is 6.70. The number of hydrogen-bond donors (Lipinski definition) is 0. The number of aromatic nitrogens is 2. The first-order valence-corrected chi connectivity index (χ1v) is 6.51. The van der Waals surface area contributed by atoms with Gasteiger partial charge in [-0.05, 0) is 36.2 Å². The summed E-state index contributed by atoms with van der Waals surface area (Å²) in [5, 5.41) is -0.127. The molecule has 78 valence electrons. The molecule has 0 amide bonds. The van der Waals surface area contributed by atoms with E-state index in [0.717, 1.165) is 17.1 Å². The molecule has 6 heteroatoms. The smallest absolute Gasteiger partial charge is 0.215 e. The quantitative estimate of drug-likeness (QED) is 0.801. The van der Waals surface area contributed by atoms with E-state index < -0.39 is 9.84 Å². The number of nitrogens with zero attached hydrogens (tertiary/aromatic N) is 2. The lowest BCUT2D eigenvalue weighted by Crippen LogP contribution is -2.03. The Kier molecular flexibility index (Phi) is 2.54. The third kappa shape index (κ3) is 1.91. The van der Waals surface area contributed by atoms with Gasteiger partial charge in [0.1, 0.15) is 5.51 Å². The summed E-state index contributed by atoms with van der Waals surface area (Å²) in [6.07, 6.45) is 0. The van der Waals surface area contributed by atoms with E-state index in [-0.39, 0.29) is 10.1 Å². The molecule has 0 fully saturated rings. The number of rotatable bonds is 2. The Bertz CT molecular complexity index is 562. The van der Waals surface area contributed by atoms with Crippen LogP contribution in [-0.2, 0) is 9.84 Å². The second kappa shape index (κ2) is 3.71. The van der Waals surface area contributed by atoms with Gasteiger partial charge in [0.2, 0.25) is 9.84 Å². The van der Waals surface area contributed by atoms with Gasteiger partial charge >= 0.3 is 0 Å². The van der Waals surface area contributed by atoms with Crippen molar-refractivity contribution >= 4 is 21.4 Å². The zero-order chi connectivity index (χ0) is 10.9. The summed E-state index contributed by atoms with van der Waals surface area (Å²) < 4.78 is 27.6. The fourth-order valence-corrected chi connectivity index (χ4v) is 3.09. The Balaban J connectivity index is 2.57. The highest BCUT2D eigenvalue weighted by molar-refractivity contribution is 7.91. The second-order valence-electron chi connectivity index (χ2n) is 3.03. The summed E-state index contributed by atoms with van der Waals surface area (Å²) in [7, 11) is -3.53.